The summed E-state index contributed by atoms with van der Waals surface area (Å²) >= 11 is 3.32. The molecule has 188 valence electrons. The van der Waals surface area contributed by atoms with Crippen LogP contribution in [0.1, 0.15) is 28.4 Å². The van der Waals surface area contributed by atoms with Crippen molar-refractivity contribution in [3.63, 3.8) is 0 Å². The van der Waals surface area contributed by atoms with Crippen molar-refractivity contribution in [2.75, 3.05) is 13.2 Å². The number of hydrogen-bond acceptors (Lipinski definition) is 7. The number of hydrazone groups is 1. The molecule has 3 aromatic carbocycles. The lowest BCUT2D eigenvalue weighted by Crippen LogP contribution is -2.17. The third-order valence-electron chi connectivity index (χ3n) is 4.71. The Morgan fingerprint density at radius 2 is 1.75 bits per heavy atom. The number of benzene rings is 3. The van der Waals surface area contributed by atoms with Crippen molar-refractivity contribution in [2.45, 2.75) is 18.7 Å². The molecule has 0 radical (unpaired) electrons. The van der Waals surface area contributed by atoms with E-state index in [1.165, 1.54) is 24.4 Å². The van der Waals surface area contributed by atoms with E-state index < -0.39 is 16.0 Å². The van der Waals surface area contributed by atoms with E-state index in [-0.39, 0.29) is 10.6 Å². The SMILES string of the molecule is C=CCOc1ccc(C(=O)N/N=C/c2ccc(OS(=O)(=O)c3ccc(C)cc3)c(Br)c2)cc1OCC. The summed E-state index contributed by atoms with van der Waals surface area (Å²) in [6.07, 6.45) is 3.04. The van der Waals surface area contributed by atoms with E-state index >= 15 is 0 Å². The minimum atomic E-state index is -3.99. The molecule has 0 aliphatic heterocycles. The van der Waals surface area contributed by atoms with E-state index in [1.54, 1.807) is 48.5 Å². The molecule has 1 amide bonds. The number of amides is 1. The maximum absolute atomic E-state index is 12.5. The molecule has 0 saturated carbocycles. The lowest BCUT2D eigenvalue weighted by Gasteiger charge is -2.12. The van der Waals surface area contributed by atoms with E-state index in [1.807, 2.05) is 13.8 Å². The third-order valence-corrected chi connectivity index (χ3v) is 6.58. The lowest BCUT2D eigenvalue weighted by atomic mass is 10.2. The Morgan fingerprint density at radius 3 is 2.42 bits per heavy atom. The van der Waals surface area contributed by atoms with Gasteiger partial charge in [0.15, 0.2) is 17.2 Å². The fourth-order valence-corrected chi connectivity index (χ4v) is 4.48. The van der Waals surface area contributed by atoms with Crippen molar-refractivity contribution in [3.05, 3.63) is 94.5 Å². The predicted octanol–water partition coefficient (Wildman–Crippen LogP) is 5.25. The van der Waals surface area contributed by atoms with Crippen molar-refractivity contribution < 1.29 is 26.9 Å². The van der Waals surface area contributed by atoms with Crippen LogP contribution in [0.3, 0.4) is 0 Å². The van der Waals surface area contributed by atoms with E-state index in [0.29, 0.717) is 40.3 Å². The van der Waals surface area contributed by atoms with Gasteiger partial charge in [0.05, 0.1) is 17.3 Å². The quantitative estimate of drug-likeness (QED) is 0.146. The molecule has 0 bridgehead atoms. The number of nitrogens with zero attached hydrogens (tertiary/aromatic N) is 1. The third kappa shape index (κ3) is 7.19. The average Bonchev–Trinajstić information content (AvgIpc) is 2.85. The van der Waals surface area contributed by atoms with Crippen molar-refractivity contribution in [1.82, 2.24) is 5.43 Å². The number of hydrogen-bond donors (Lipinski definition) is 1. The van der Waals surface area contributed by atoms with Crippen LogP contribution in [-0.4, -0.2) is 33.8 Å². The van der Waals surface area contributed by atoms with Crippen LogP contribution >= 0.6 is 15.9 Å². The standard InChI is InChI=1S/C26H25BrN2O6S/c1-4-14-34-24-13-9-20(16-25(24)33-5-2)26(30)29-28-17-19-8-12-23(22(27)15-19)35-36(31,32)21-10-6-18(3)7-11-21/h4,6-13,15-17H,1,5,14H2,2-3H3,(H,29,30)/b28-17+. The van der Waals surface area contributed by atoms with Gasteiger partial charge in [0, 0.05) is 5.56 Å². The van der Waals surface area contributed by atoms with Crippen LogP contribution < -0.4 is 19.1 Å². The zero-order valence-corrected chi connectivity index (χ0v) is 22.1. The Labute approximate surface area is 218 Å². The van der Waals surface area contributed by atoms with Gasteiger partial charge in [0.1, 0.15) is 11.5 Å². The maximum Gasteiger partial charge on any atom is 0.339 e. The summed E-state index contributed by atoms with van der Waals surface area (Å²) in [6.45, 7) is 8.04. The van der Waals surface area contributed by atoms with Gasteiger partial charge < -0.3 is 13.7 Å². The number of carbonyl (C=O) groups is 1. The first-order valence-electron chi connectivity index (χ1n) is 10.9. The summed E-state index contributed by atoms with van der Waals surface area (Å²) in [5.41, 5.74) is 4.34. The molecule has 36 heavy (non-hydrogen) atoms. The minimum absolute atomic E-state index is 0.0566. The van der Waals surface area contributed by atoms with Crippen molar-refractivity contribution in [2.24, 2.45) is 5.10 Å². The van der Waals surface area contributed by atoms with Crippen LogP contribution in [0.4, 0.5) is 0 Å². The highest BCUT2D eigenvalue weighted by Crippen LogP contribution is 2.30. The number of aryl methyl sites for hydroxylation is 1. The van der Waals surface area contributed by atoms with Crippen LogP contribution in [0.15, 0.2) is 87.8 Å². The van der Waals surface area contributed by atoms with Gasteiger partial charge in [-0.15, -0.1) is 0 Å². The van der Waals surface area contributed by atoms with Crippen LogP contribution in [0.5, 0.6) is 17.2 Å². The first-order chi connectivity index (χ1) is 17.2. The molecule has 0 heterocycles. The largest absolute Gasteiger partial charge is 0.490 e. The minimum Gasteiger partial charge on any atom is -0.490 e. The molecule has 0 aromatic heterocycles. The summed E-state index contributed by atoms with van der Waals surface area (Å²) in [5.74, 6) is 0.633. The van der Waals surface area contributed by atoms with Crippen LogP contribution in [0, 0.1) is 6.92 Å². The highest BCUT2D eigenvalue weighted by atomic mass is 79.9. The predicted molar refractivity (Wildman–Crippen MR) is 141 cm³/mol. The number of nitrogens with one attached hydrogen (secondary N) is 1. The molecule has 10 heteroatoms. The Bertz CT molecular complexity index is 1370. The summed E-state index contributed by atoms with van der Waals surface area (Å²) in [5, 5.41) is 3.98. The first kappa shape index (κ1) is 27.0. The lowest BCUT2D eigenvalue weighted by molar-refractivity contribution is 0.0954. The van der Waals surface area contributed by atoms with Gasteiger partial charge in [-0.1, -0.05) is 30.4 Å². The topological polar surface area (TPSA) is 103 Å². The zero-order chi connectivity index (χ0) is 26.1. The Hall–Kier alpha value is -3.63. The molecule has 0 atom stereocenters. The highest BCUT2D eigenvalue weighted by molar-refractivity contribution is 9.10. The molecule has 0 unspecified atom stereocenters. The number of halogens is 1. The Balaban J connectivity index is 1.66. The average molecular weight is 573 g/mol. The summed E-state index contributed by atoms with van der Waals surface area (Å²) < 4.78 is 41.8. The van der Waals surface area contributed by atoms with E-state index in [0.717, 1.165) is 5.56 Å². The maximum atomic E-state index is 12.5. The van der Waals surface area contributed by atoms with E-state index in [4.69, 9.17) is 13.7 Å². The molecule has 0 spiro atoms. The molecular weight excluding hydrogens is 548 g/mol. The molecule has 1 N–H and O–H groups in total. The molecule has 0 saturated heterocycles. The van der Waals surface area contributed by atoms with E-state index in [2.05, 4.69) is 33.0 Å². The van der Waals surface area contributed by atoms with Gasteiger partial charge in [0.25, 0.3) is 5.91 Å². The highest BCUT2D eigenvalue weighted by Gasteiger charge is 2.18. The van der Waals surface area contributed by atoms with Gasteiger partial charge >= 0.3 is 10.1 Å². The van der Waals surface area contributed by atoms with Crippen LogP contribution in [-0.2, 0) is 10.1 Å². The van der Waals surface area contributed by atoms with Gasteiger partial charge in [-0.25, -0.2) is 5.43 Å². The molecule has 3 aromatic rings. The van der Waals surface area contributed by atoms with Crippen molar-refractivity contribution in [1.29, 1.82) is 0 Å². The van der Waals surface area contributed by atoms with Crippen molar-refractivity contribution in [3.8, 4) is 17.2 Å². The first-order valence-corrected chi connectivity index (χ1v) is 13.1. The fourth-order valence-electron chi connectivity index (χ4n) is 2.95. The monoisotopic (exact) mass is 572 g/mol. The van der Waals surface area contributed by atoms with Crippen molar-refractivity contribution >= 4 is 38.2 Å². The molecule has 0 aliphatic carbocycles. The summed E-state index contributed by atoms with van der Waals surface area (Å²) in [7, 11) is -3.99. The Morgan fingerprint density at radius 1 is 1.03 bits per heavy atom. The van der Waals surface area contributed by atoms with Gasteiger partial charge in [-0.2, -0.15) is 13.5 Å². The van der Waals surface area contributed by atoms with Gasteiger partial charge in [-0.3, -0.25) is 4.79 Å². The number of rotatable bonds is 11. The molecule has 0 aliphatic rings. The van der Waals surface area contributed by atoms with E-state index in [9.17, 15) is 13.2 Å². The van der Waals surface area contributed by atoms with Gasteiger partial charge in [0.2, 0.25) is 0 Å². The molecule has 3 rings (SSSR count). The summed E-state index contributed by atoms with van der Waals surface area (Å²) in [6, 6.07) is 15.9. The molecule has 0 fully saturated rings. The second kappa shape index (κ2) is 12.4. The zero-order valence-electron chi connectivity index (χ0n) is 19.7. The number of ether oxygens (including phenoxy) is 2. The molecule has 8 nitrogen and oxygen atoms in total. The number of carbonyl (C=O) groups excluding carboxylic acids is 1. The normalized spacial score (nSPS) is 11.2. The Kier molecular flexibility index (Phi) is 9.26. The fraction of sp³-hybridized carbons (Fsp3) is 0.154. The second-order valence-electron chi connectivity index (χ2n) is 7.43. The summed E-state index contributed by atoms with van der Waals surface area (Å²) in [4.78, 5) is 12.6. The second-order valence-corrected chi connectivity index (χ2v) is 9.83. The molecular formula is C26H25BrN2O6S. The van der Waals surface area contributed by atoms with Gasteiger partial charge in [-0.05, 0) is 83.9 Å². The smallest absolute Gasteiger partial charge is 0.339 e. The van der Waals surface area contributed by atoms with Crippen LogP contribution in [0.2, 0.25) is 0 Å². The van der Waals surface area contributed by atoms with Crippen LogP contribution in [0.25, 0.3) is 0 Å².